The van der Waals surface area contributed by atoms with Gasteiger partial charge in [-0.1, -0.05) is 123 Å². The molecule has 0 fully saturated rings. The number of hydrogen-bond donors (Lipinski definition) is 0. The van der Waals surface area contributed by atoms with Crippen LogP contribution in [0.25, 0.3) is 0 Å². The number of halogens is 1. The van der Waals surface area contributed by atoms with Gasteiger partial charge in [-0.05, 0) is 12.8 Å². The van der Waals surface area contributed by atoms with Gasteiger partial charge in [0.05, 0.1) is 0 Å². The predicted molar refractivity (Wildman–Crippen MR) is 139 cm³/mol. The molecular weight excluding hydrogens is 424 g/mol. The van der Waals surface area contributed by atoms with Crippen LogP contribution in [0.2, 0.25) is 5.04 Å². The summed E-state index contributed by atoms with van der Waals surface area (Å²) in [6.45, 7) is 4.52. The molecule has 1 unspecified atom stereocenters. The molecule has 0 aromatic rings. The molecule has 0 amide bonds. The lowest BCUT2D eigenvalue weighted by molar-refractivity contribution is 0.0875. The molecule has 31 heavy (non-hydrogen) atoms. The molecule has 0 aliphatic carbocycles. The average Bonchev–Trinajstić information content (AvgIpc) is 2.77. The van der Waals surface area contributed by atoms with E-state index in [4.69, 9.17) is 24.9 Å². The van der Waals surface area contributed by atoms with Gasteiger partial charge < -0.3 is 13.3 Å². The molecule has 3 nitrogen and oxygen atoms in total. The van der Waals surface area contributed by atoms with Crippen molar-refractivity contribution in [1.29, 1.82) is 0 Å². The van der Waals surface area contributed by atoms with Gasteiger partial charge in [-0.25, -0.2) is 0 Å². The Morgan fingerprint density at radius 2 is 0.871 bits per heavy atom. The summed E-state index contributed by atoms with van der Waals surface area (Å²) in [5, 5.41) is -0.109. The molecule has 188 valence electrons. The molecule has 1 atom stereocenters. The topological polar surface area (TPSA) is 27.7 Å². The molecular formula is C26H55ClO3Si. The smallest absolute Gasteiger partial charge is 0.377 e. The molecule has 0 rings (SSSR count). The van der Waals surface area contributed by atoms with Crippen molar-refractivity contribution in [3.8, 4) is 0 Å². The van der Waals surface area contributed by atoms with Crippen LogP contribution in [0.3, 0.4) is 0 Å². The first-order valence-electron chi connectivity index (χ1n) is 13.3. The van der Waals surface area contributed by atoms with Gasteiger partial charge in [-0.2, -0.15) is 0 Å². The highest BCUT2D eigenvalue weighted by molar-refractivity contribution is 6.64. The second-order valence-corrected chi connectivity index (χ2v) is 13.5. The van der Waals surface area contributed by atoms with E-state index in [2.05, 4.69) is 13.8 Å². The Balaban J connectivity index is 3.67. The fourth-order valence-corrected chi connectivity index (χ4v) is 8.34. The van der Waals surface area contributed by atoms with Crippen LogP contribution in [0.15, 0.2) is 0 Å². The molecule has 0 N–H and O–H groups in total. The maximum Gasteiger partial charge on any atom is 0.506 e. The third kappa shape index (κ3) is 13.6. The molecule has 0 bridgehead atoms. The van der Waals surface area contributed by atoms with E-state index in [9.17, 15) is 0 Å². The lowest BCUT2D eigenvalue weighted by Crippen LogP contribution is -2.53. The molecule has 0 aromatic carbocycles. The molecule has 0 radical (unpaired) electrons. The Hall–Kier alpha value is 0.387. The third-order valence-corrected chi connectivity index (χ3v) is 10.8. The summed E-state index contributed by atoms with van der Waals surface area (Å²) < 4.78 is 17.3. The molecule has 0 aromatic heterocycles. The van der Waals surface area contributed by atoms with Crippen LogP contribution in [0.4, 0.5) is 0 Å². The van der Waals surface area contributed by atoms with E-state index in [0.717, 1.165) is 12.8 Å². The summed E-state index contributed by atoms with van der Waals surface area (Å²) in [6.07, 6.45) is 25.7. The van der Waals surface area contributed by atoms with Gasteiger partial charge in [0.2, 0.25) is 0 Å². The van der Waals surface area contributed by atoms with E-state index >= 15 is 0 Å². The molecule has 0 saturated carbocycles. The van der Waals surface area contributed by atoms with E-state index in [1.165, 1.54) is 109 Å². The molecule has 0 spiro atoms. The van der Waals surface area contributed by atoms with Crippen LogP contribution in [0, 0.1) is 0 Å². The number of alkyl halides is 1. The van der Waals surface area contributed by atoms with E-state index in [0.29, 0.717) is 5.88 Å². The van der Waals surface area contributed by atoms with Crippen LogP contribution in [0.1, 0.15) is 136 Å². The van der Waals surface area contributed by atoms with Crippen molar-refractivity contribution in [3.63, 3.8) is 0 Å². The maximum atomic E-state index is 6.10. The first-order valence-corrected chi connectivity index (χ1v) is 15.5. The molecule has 0 aliphatic heterocycles. The summed E-state index contributed by atoms with van der Waals surface area (Å²) in [7, 11) is 2.44. The van der Waals surface area contributed by atoms with Crippen molar-refractivity contribution < 1.29 is 13.3 Å². The molecule has 5 heteroatoms. The predicted octanol–water partition coefficient (Wildman–Crippen LogP) is 9.30. The van der Waals surface area contributed by atoms with Gasteiger partial charge in [0.15, 0.2) is 0 Å². The quantitative estimate of drug-likeness (QED) is 0.0785. The summed E-state index contributed by atoms with van der Waals surface area (Å²) in [5.41, 5.74) is 0. The van der Waals surface area contributed by atoms with Gasteiger partial charge in [0.25, 0.3) is 0 Å². The normalized spacial score (nSPS) is 14.1. The minimum absolute atomic E-state index is 0.109. The Kier molecular flexibility index (Phi) is 21.2. The lowest BCUT2D eigenvalue weighted by Gasteiger charge is -2.41. The highest BCUT2D eigenvalue weighted by atomic mass is 35.5. The number of rotatable bonds is 24. The lowest BCUT2D eigenvalue weighted by atomic mass is 9.98. The third-order valence-electron chi connectivity index (χ3n) is 7.02. The first kappa shape index (κ1) is 31.4. The van der Waals surface area contributed by atoms with Crippen LogP contribution < -0.4 is 0 Å². The van der Waals surface area contributed by atoms with Gasteiger partial charge in [-0.3, -0.25) is 0 Å². The second-order valence-electron chi connectivity index (χ2n) is 9.58. The van der Waals surface area contributed by atoms with Crippen molar-refractivity contribution in [1.82, 2.24) is 0 Å². The minimum Gasteiger partial charge on any atom is -0.377 e. The van der Waals surface area contributed by atoms with Crippen molar-refractivity contribution in [2.75, 3.05) is 27.2 Å². The first-order chi connectivity index (χ1) is 15.1. The van der Waals surface area contributed by atoms with Gasteiger partial charge in [-0.15, -0.1) is 11.6 Å². The molecule has 0 saturated heterocycles. The zero-order chi connectivity index (χ0) is 23.3. The Morgan fingerprint density at radius 1 is 0.548 bits per heavy atom. The molecule has 0 aliphatic rings. The Bertz CT molecular complexity index is 371. The van der Waals surface area contributed by atoms with E-state index in [1.54, 1.807) is 21.3 Å². The van der Waals surface area contributed by atoms with Crippen LogP contribution in [0.5, 0.6) is 0 Å². The number of hydrogen-bond acceptors (Lipinski definition) is 3. The highest BCUT2D eigenvalue weighted by Gasteiger charge is 2.55. The Labute approximate surface area is 201 Å². The minimum atomic E-state index is -2.69. The second kappa shape index (κ2) is 21.0. The summed E-state index contributed by atoms with van der Waals surface area (Å²) in [6, 6.07) is 0. The Morgan fingerprint density at radius 3 is 1.16 bits per heavy atom. The summed E-state index contributed by atoms with van der Waals surface area (Å²) in [5.74, 6) is 0.611. The van der Waals surface area contributed by atoms with Crippen molar-refractivity contribution >= 4 is 20.4 Å². The zero-order valence-electron chi connectivity index (χ0n) is 21.7. The fraction of sp³-hybridized carbons (Fsp3) is 1.00. The van der Waals surface area contributed by atoms with E-state index in [-0.39, 0.29) is 5.04 Å². The van der Waals surface area contributed by atoms with Gasteiger partial charge >= 0.3 is 8.80 Å². The fourth-order valence-electron chi connectivity index (χ4n) is 4.87. The van der Waals surface area contributed by atoms with Gasteiger partial charge in [0, 0.05) is 32.2 Å². The largest absolute Gasteiger partial charge is 0.506 e. The highest BCUT2D eigenvalue weighted by Crippen LogP contribution is 2.47. The monoisotopic (exact) mass is 478 g/mol. The zero-order valence-corrected chi connectivity index (χ0v) is 23.5. The van der Waals surface area contributed by atoms with Crippen molar-refractivity contribution in [3.05, 3.63) is 0 Å². The van der Waals surface area contributed by atoms with Gasteiger partial charge in [0.1, 0.15) is 0 Å². The van der Waals surface area contributed by atoms with Crippen LogP contribution in [-0.2, 0) is 13.3 Å². The SMILES string of the molecule is CCCCCCCCCCCCCCCCCCCC(C)(CCCl)[Si](OC)(OC)OC. The summed E-state index contributed by atoms with van der Waals surface area (Å²) >= 11 is 6.10. The van der Waals surface area contributed by atoms with Crippen LogP contribution >= 0.6 is 11.6 Å². The summed E-state index contributed by atoms with van der Waals surface area (Å²) in [4.78, 5) is 0. The molecule has 0 heterocycles. The number of unbranched alkanes of at least 4 members (excludes halogenated alkanes) is 16. The van der Waals surface area contributed by atoms with Crippen molar-refractivity contribution in [2.24, 2.45) is 0 Å². The van der Waals surface area contributed by atoms with E-state index in [1.807, 2.05) is 0 Å². The van der Waals surface area contributed by atoms with E-state index < -0.39 is 8.80 Å². The van der Waals surface area contributed by atoms with Crippen molar-refractivity contribution in [2.45, 2.75) is 141 Å². The average molecular weight is 479 g/mol. The standard InChI is InChI=1S/C26H55ClO3Si/c1-6-7-8-9-10-11-12-13-14-15-16-17-18-19-20-21-22-23-26(2,24-25-27)31(28-3,29-4)30-5/h6-25H2,1-5H3. The maximum absolute atomic E-state index is 6.10. The van der Waals surface area contributed by atoms with Crippen LogP contribution in [-0.4, -0.2) is 36.0 Å².